The molecule has 0 bridgehead atoms. The van der Waals surface area contributed by atoms with Crippen molar-refractivity contribution in [2.45, 2.75) is 75.1 Å². The van der Waals surface area contributed by atoms with Gasteiger partial charge in [0.25, 0.3) is 0 Å². The van der Waals surface area contributed by atoms with Crippen molar-refractivity contribution in [1.29, 1.82) is 0 Å². The van der Waals surface area contributed by atoms with E-state index in [0.717, 1.165) is 0 Å². The topological polar surface area (TPSA) is 0 Å². The van der Waals surface area contributed by atoms with Crippen molar-refractivity contribution in [1.82, 2.24) is 0 Å². The molecule has 0 aliphatic carbocycles. The summed E-state index contributed by atoms with van der Waals surface area (Å²) in [4.78, 5) is 0. The Labute approximate surface area is 103 Å². The van der Waals surface area contributed by atoms with E-state index in [1.807, 2.05) is 0 Å². The van der Waals surface area contributed by atoms with Gasteiger partial charge < -0.3 is 0 Å². The summed E-state index contributed by atoms with van der Waals surface area (Å²) >= 11 is -1.45. The molecule has 2 heteroatoms. The summed E-state index contributed by atoms with van der Waals surface area (Å²) in [6.45, 7) is 7.02. The molecule has 0 spiro atoms. The Morgan fingerprint density at radius 2 is 1.07 bits per heavy atom. The van der Waals surface area contributed by atoms with E-state index in [1.165, 1.54) is 38.5 Å². The van der Waals surface area contributed by atoms with Gasteiger partial charge >= 0.3 is 104 Å². The molecule has 0 aromatic rings. The van der Waals surface area contributed by atoms with Gasteiger partial charge in [0.1, 0.15) is 0 Å². The number of rotatable bonds is 10. The van der Waals surface area contributed by atoms with E-state index >= 15 is 0 Å². The van der Waals surface area contributed by atoms with E-state index in [1.54, 1.807) is 15.8 Å². The molecule has 0 saturated carbocycles. The van der Waals surface area contributed by atoms with Crippen LogP contribution in [0.2, 0.25) is 15.8 Å². The fourth-order valence-corrected chi connectivity index (χ4v) is 16.7. The van der Waals surface area contributed by atoms with Crippen LogP contribution in [0.4, 0.5) is 0 Å². The molecule has 0 rings (SSSR count). The summed E-state index contributed by atoms with van der Waals surface area (Å²) in [5, 5.41) is 4.87. The SMILES string of the molecule is CCC[CH2][Ge]([CH2]CCC)([CH2]CCC)[S]C. The van der Waals surface area contributed by atoms with Crippen molar-refractivity contribution in [2.75, 3.05) is 6.26 Å². The van der Waals surface area contributed by atoms with Gasteiger partial charge in [0.15, 0.2) is 0 Å². The van der Waals surface area contributed by atoms with Crippen LogP contribution in [0.3, 0.4) is 0 Å². The van der Waals surface area contributed by atoms with Crippen molar-refractivity contribution in [3.05, 3.63) is 0 Å². The van der Waals surface area contributed by atoms with Crippen molar-refractivity contribution >= 4 is 22.2 Å². The molecule has 0 aliphatic rings. The number of hydrogen-bond acceptors (Lipinski definition) is 1. The van der Waals surface area contributed by atoms with Crippen LogP contribution in [0.15, 0.2) is 0 Å². The summed E-state index contributed by atoms with van der Waals surface area (Å²) < 4.78 is 0. The zero-order valence-electron chi connectivity index (χ0n) is 11.3. The van der Waals surface area contributed by atoms with Crippen molar-refractivity contribution in [3.63, 3.8) is 0 Å². The van der Waals surface area contributed by atoms with Gasteiger partial charge in [0, 0.05) is 0 Å². The fourth-order valence-electron chi connectivity index (χ4n) is 2.18. The Morgan fingerprint density at radius 1 is 0.733 bits per heavy atom. The summed E-state index contributed by atoms with van der Waals surface area (Å²) in [6.07, 6.45) is 11.1. The second-order valence-electron chi connectivity index (χ2n) is 4.70. The first kappa shape index (κ1) is 15.9. The van der Waals surface area contributed by atoms with Gasteiger partial charge in [0.05, 0.1) is 0 Å². The zero-order chi connectivity index (χ0) is 11.6. The van der Waals surface area contributed by atoms with Crippen LogP contribution in [-0.2, 0) is 0 Å². The summed E-state index contributed by atoms with van der Waals surface area (Å²) in [5.41, 5.74) is 0. The molecule has 0 nitrogen and oxygen atoms in total. The van der Waals surface area contributed by atoms with Crippen LogP contribution >= 0.6 is 10.1 Å². The van der Waals surface area contributed by atoms with E-state index in [0.29, 0.717) is 0 Å². The average Bonchev–Trinajstić information content (AvgIpc) is 2.29. The molecule has 0 heterocycles. The summed E-state index contributed by atoms with van der Waals surface area (Å²) in [6, 6.07) is 0. The maximum atomic E-state index is 2.40. The van der Waals surface area contributed by atoms with Gasteiger partial charge in [-0.2, -0.15) is 0 Å². The van der Waals surface area contributed by atoms with Crippen LogP contribution in [0, 0.1) is 0 Å². The van der Waals surface area contributed by atoms with Crippen LogP contribution < -0.4 is 0 Å². The van der Waals surface area contributed by atoms with E-state index in [2.05, 4.69) is 37.1 Å². The summed E-state index contributed by atoms with van der Waals surface area (Å²) in [7, 11) is 2.32. The molecular formula is C13H30GeS. The van der Waals surface area contributed by atoms with Crippen LogP contribution in [0.1, 0.15) is 59.3 Å². The minimum absolute atomic E-state index is 1.39. The molecule has 0 atom stereocenters. The first-order valence-electron chi connectivity index (χ1n) is 6.79. The molecule has 0 aromatic heterocycles. The first-order valence-corrected chi connectivity index (χ1v) is 15.0. The first-order chi connectivity index (χ1) is 7.24. The van der Waals surface area contributed by atoms with Gasteiger partial charge in [-0.25, -0.2) is 0 Å². The third-order valence-electron chi connectivity index (χ3n) is 3.39. The average molecular weight is 291 g/mol. The molecule has 0 fully saturated rings. The second kappa shape index (κ2) is 10.1. The van der Waals surface area contributed by atoms with Gasteiger partial charge in [0.2, 0.25) is 0 Å². The third-order valence-corrected chi connectivity index (χ3v) is 20.9. The molecule has 0 saturated heterocycles. The van der Waals surface area contributed by atoms with E-state index in [4.69, 9.17) is 0 Å². The predicted octanol–water partition coefficient (Wildman–Crippen LogP) is 5.70. The van der Waals surface area contributed by atoms with Gasteiger partial charge in [-0.05, 0) is 0 Å². The number of unbranched alkanes of at least 4 members (excludes halogenated alkanes) is 3. The zero-order valence-corrected chi connectivity index (χ0v) is 14.2. The number of hydrogen-bond donors (Lipinski definition) is 0. The Morgan fingerprint density at radius 3 is 1.27 bits per heavy atom. The van der Waals surface area contributed by atoms with Crippen LogP contribution in [-0.4, -0.2) is 18.4 Å². The Bertz CT molecular complexity index is 115. The van der Waals surface area contributed by atoms with Crippen LogP contribution in [0.25, 0.3) is 0 Å². The monoisotopic (exact) mass is 292 g/mol. The molecule has 0 aromatic carbocycles. The summed E-state index contributed by atoms with van der Waals surface area (Å²) in [5.74, 6) is 0. The Kier molecular flexibility index (Phi) is 10.7. The second-order valence-corrected chi connectivity index (χ2v) is 20.3. The van der Waals surface area contributed by atoms with Crippen molar-refractivity contribution in [3.8, 4) is 0 Å². The molecule has 0 unspecified atom stereocenters. The normalized spacial score (nSPS) is 12.0. The molecule has 0 amide bonds. The standard InChI is InChI=1S/C13H30GeS/c1-5-8-11-14(15-4,12-9-6-2)13-10-7-3/h5-13H2,1-4H3. The predicted molar refractivity (Wildman–Crippen MR) is 78.4 cm³/mol. The van der Waals surface area contributed by atoms with Crippen molar-refractivity contribution < 1.29 is 0 Å². The van der Waals surface area contributed by atoms with Crippen molar-refractivity contribution in [2.24, 2.45) is 0 Å². The third kappa shape index (κ3) is 6.94. The quantitative estimate of drug-likeness (QED) is 0.465. The molecule has 15 heavy (non-hydrogen) atoms. The maximum absolute atomic E-state index is 2.40. The van der Waals surface area contributed by atoms with Crippen LogP contribution in [0.5, 0.6) is 0 Å². The molecular weight excluding hydrogens is 261 g/mol. The minimum atomic E-state index is -1.45. The Hall–Kier alpha value is 0.893. The Balaban J connectivity index is 4.16. The van der Waals surface area contributed by atoms with E-state index in [9.17, 15) is 0 Å². The molecule has 0 aliphatic heterocycles. The van der Waals surface area contributed by atoms with Gasteiger partial charge in [-0.1, -0.05) is 0 Å². The van der Waals surface area contributed by atoms with E-state index < -0.39 is 12.1 Å². The van der Waals surface area contributed by atoms with Gasteiger partial charge in [-0.15, -0.1) is 0 Å². The van der Waals surface area contributed by atoms with E-state index in [-0.39, 0.29) is 0 Å². The molecule has 92 valence electrons. The van der Waals surface area contributed by atoms with Gasteiger partial charge in [-0.3, -0.25) is 0 Å². The fraction of sp³-hybridized carbons (Fsp3) is 1.00. The molecule has 0 N–H and O–H groups in total. The molecule has 0 radical (unpaired) electrons.